The second kappa shape index (κ2) is 7.36. The number of thioether (sulfide) groups is 1. The standard InChI is InChI=1S/C17H23N3O2S/c1-13(2)11-19-7-9-20(10-8-19)16(21)12-23-17-18-14-5-3-4-6-15(14)22-17/h3-6,13H,7-12H2,1-2H3. The van der Waals surface area contributed by atoms with E-state index in [4.69, 9.17) is 4.42 Å². The average Bonchev–Trinajstić information content (AvgIpc) is 2.95. The molecule has 0 spiro atoms. The third-order valence-corrected chi connectivity index (χ3v) is 4.75. The fourth-order valence-corrected chi connectivity index (χ4v) is 3.56. The Morgan fingerprint density at radius 3 is 2.70 bits per heavy atom. The van der Waals surface area contributed by atoms with E-state index in [2.05, 4.69) is 23.7 Å². The Balaban J connectivity index is 1.48. The first kappa shape index (κ1) is 16.3. The van der Waals surface area contributed by atoms with Crippen molar-refractivity contribution in [2.24, 2.45) is 5.92 Å². The molecule has 1 aromatic carbocycles. The number of hydrogen-bond acceptors (Lipinski definition) is 5. The van der Waals surface area contributed by atoms with E-state index < -0.39 is 0 Å². The van der Waals surface area contributed by atoms with E-state index in [0.717, 1.165) is 43.8 Å². The molecule has 1 amide bonds. The third kappa shape index (κ3) is 4.26. The Morgan fingerprint density at radius 2 is 2.00 bits per heavy atom. The van der Waals surface area contributed by atoms with Gasteiger partial charge in [-0.3, -0.25) is 9.69 Å². The van der Waals surface area contributed by atoms with Gasteiger partial charge in [0.05, 0.1) is 5.75 Å². The van der Waals surface area contributed by atoms with Crippen molar-refractivity contribution < 1.29 is 9.21 Å². The highest BCUT2D eigenvalue weighted by Crippen LogP contribution is 2.23. The number of rotatable bonds is 5. The van der Waals surface area contributed by atoms with Crippen LogP contribution in [0.5, 0.6) is 0 Å². The van der Waals surface area contributed by atoms with Gasteiger partial charge in [0.2, 0.25) is 5.91 Å². The summed E-state index contributed by atoms with van der Waals surface area (Å²) in [6, 6.07) is 7.66. The van der Waals surface area contributed by atoms with Crippen LogP contribution in [0.1, 0.15) is 13.8 Å². The van der Waals surface area contributed by atoms with Gasteiger partial charge in [0.25, 0.3) is 5.22 Å². The Morgan fingerprint density at radius 1 is 1.26 bits per heavy atom. The minimum absolute atomic E-state index is 0.168. The first-order chi connectivity index (χ1) is 11.1. The smallest absolute Gasteiger partial charge is 0.257 e. The topological polar surface area (TPSA) is 49.6 Å². The van der Waals surface area contributed by atoms with Crippen LogP contribution in [0.25, 0.3) is 11.1 Å². The van der Waals surface area contributed by atoms with Gasteiger partial charge < -0.3 is 9.32 Å². The second-order valence-corrected chi connectivity index (χ2v) is 7.24. The van der Waals surface area contributed by atoms with Crippen molar-refractivity contribution >= 4 is 28.8 Å². The lowest BCUT2D eigenvalue weighted by Gasteiger charge is -2.35. The van der Waals surface area contributed by atoms with Crippen LogP contribution in [0.2, 0.25) is 0 Å². The number of carbonyl (C=O) groups is 1. The summed E-state index contributed by atoms with van der Waals surface area (Å²) in [7, 11) is 0. The highest BCUT2D eigenvalue weighted by Gasteiger charge is 2.22. The zero-order chi connectivity index (χ0) is 16.2. The van der Waals surface area contributed by atoms with Crippen molar-refractivity contribution in [1.29, 1.82) is 0 Å². The van der Waals surface area contributed by atoms with Gasteiger partial charge in [-0.25, -0.2) is 4.98 Å². The minimum atomic E-state index is 0.168. The first-order valence-electron chi connectivity index (χ1n) is 8.10. The van der Waals surface area contributed by atoms with E-state index in [0.29, 0.717) is 16.9 Å². The minimum Gasteiger partial charge on any atom is -0.431 e. The van der Waals surface area contributed by atoms with Gasteiger partial charge in [-0.1, -0.05) is 37.7 Å². The molecule has 0 atom stereocenters. The molecule has 2 heterocycles. The molecule has 5 nitrogen and oxygen atoms in total. The average molecular weight is 333 g/mol. The van der Waals surface area contributed by atoms with Crippen LogP contribution in [0.4, 0.5) is 0 Å². The van der Waals surface area contributed by atoms with E-state index in [1.807, 2.05) is 29.2 Å². The third-order valence-electron chi connectivity index (χ3n) is 3.94. The van der Waals surface area contributed by atoms with Crippen molar-refractivity contribution in [3.05, 3.63) is 24.3 Å². The van der Waals surface area contributed by atoms with Gasteiger partial charge in [-0.05, 0) is 18.1 Å². The lowest BCUT2D eigenvalue weighted by atomic mass is 10.2. The highest BCUT2D eigenvalue weighted by molar-refractivity contribution is 7.99. The molecule has 1 aromatic heterocycles. The second-order valence-electron chi connectivity index (χ2n) is 6.31. The SMILES string of the molecule is CC(C)CN1CCN(C(=O)CSc2nc3ccccc3o2)CC1. The number of fused-ring (bicyclic) bond motifs is 1. The fraction of sp³-hybridized carbons (Fsp3) is 0.529. The summed E-state index contributed by atoms with van der Waals surface area (Å²) in [5.74, 6) is 1.23. The lowest BCUT2D eigenvalue weighted by Crippen LogP contribution is -2.49. The largest absolute Gasteiger partial charge is 0.431 e. The molecule has 2 aromatic rings. The molecule has 0 aliphatic carbocycles. The van der Waals surface area contributed by atoms with E-state index >= 15 is 0 Å². The molecule has 0 bridgehead atoms. The van der Waals surface area contributed by atoms with Crippen LogP contribution in [0.3, 0.4) is 0 Å². The van der Waals surface area contributed by atoms with Crippen LogP contribution in [-0.2, 0) is 4.79 Å². The number of para-hydroxylation sites is 2. The summed E-state index contributed by atoms with van der Waals surface area (Å²) < 4.78 is 5.64. The van der Waals surface area contributed by atoms with E-state index in [-0.39, 0.29) is 5.91 Å². The van der Waals surface area contributed by atoms with E-state index in [1.165, 1.54) is 11.8 Å². The summed E-state index contributed by atoms with van der Waals surface area (Å²) in [5, 5.41) is 0.568. The lowest BCUT2D eigenvalue weighted by molar-refractivity contribution is -0.130. The van der Waals surface area contributed by atoms with Gasteiger partial charge in [-0.15, -0.1) is 0 Å². The zero-order valence-corrected chi connectivity index (χ0v) is 14.5. The molecule has 0 radical (unpaired) electrons. The summed E-state index contributed by atoms with van der Waals surface area (Å²) in [5.41, 5.74) is 1.61. The molecule has 1 saturated heterocycles. The quantitative estimate of drug-likeness (QED) is 0.788. The molecular formula is C17H23N3O2S. The fourth-order valence-electron chi connectivity index (χ4n) is 2.82. The zero-order valence-electron chi connectivity index (χ0n) is 13.7. The van der Waals surface area contributed by atoms with Crippen LogP contribution in [-0.4, -0.2) is 59.2 Å². The van der Waals surface area contributed by atoms with Crippen LogP contribution in [0, 0.1) is 5.92 Å². The van der Waals surface area contributed by atoms with Gasteiger partial charge in [0.15, 0.2) is 5.58 Å². The molecule has 1 aliphatic rings. The molecule has 23 heavy (non-hydrogen) atoms. The van der Waals surface area contributed by atoms with Gasteiger partial charge in [0, 0.05) is 32.7 Å². The Hall–Kier alpha value is -1.53. The van der Waals surface area contributed by atoms with Crippen molar-refractivity contribution in [1.82, 2.24) is 14.8 Å². The van der Waals surface area contributed by atoms with Gasteiger partial charge >= 0.3 is 0 Å². The number of hydrogen-bond donors (Lipinski definition) is 0. The Labute approximate surface area is 141 Å². The first-order valence-corrected chi connectivity index (χ1v) is 9.09. The molecule has 3 rings (SSSR count). The van der Waals surface area contributed by atoms with Crippen molar-refractivity contribution in [3.8, 4) is 0 Å². The number of piperazine rings is 1. The number of aromatic nitrogens is 1. The molecule has 0 N–H and O–H groups in total. The predicted octanol–water partition coefficient (Wildman–Crippen LogP) is 2.72. The monoisotopic (exact) mass is 333 g/mol. The summed E-state index contributed by atoms with van der Waals surface area (Å²) in [4.78, 5) is 21.1. The summed E-state index contributed by atoms with van der Waals surface area (Å²) in [6.45, 7) is 9.15. The predicted molar refractivity (Wildman–Crippen MR) is 92.6 cm³/mol. The summed E-state index contributed by atoms with van der Waals surface area (Å²) >= 11 is 1.38. The Bertz CT molecular complexity index is 630. The Kier molecular flexibility index (Phi) is 5.23. The van der Waals surface area contributed by atoms with E-state index in [9.17, 15) is 4.79 Å². The summed E-state index contributed by atoms with van der Waals surface area (Å²) in [6.07, 6.45) is 0. The number of amides is 1. The number of carbonyl (C=O) groups excluding carboxylic acids is 1. The maximum atomic E-state index is 12.3. The van der Waals surface area contributed by atoms with E-state index in [1.54, 1.807) is 0 Å². The normalized spacial score (nSPS) is 16.4. The molecule has 6 heteroatoms. The van der Waals surface area contributed by atoms with Crippen molar-refractivity contribution in [2.75, 3.05) is 38.5 Å². The maximum absolute atomic E-state index is 12.3. The van der Waals surface area contributed by atoms with Crippen LogP contribution >= 0.6 is 11.8 Å². The maximum Gasteiger partial charge on any atom is 0.257 e. The van der Waals surface area contributed by atoms with Gasteiger partial charge in [-0.2, -0.15) is 0 Å². The molecule has 0 unspecified atom stereocenters. The van der Waals surface area contributed by atoms with Crippen LogP contribution in [0.15, 0.2) is 33.9 Å². The van der Waals surface area contributed by atoms with Crippen molar-refractivity contribution in [2.45, 2.75) is 19.1 Å². The van der Waals surface area contributed by atoms with Gasteiger partial charge in [0.1, 0.15) is 5.52 Å². The van der Waals surface area contributed by atoms with Crippen molar-refractivity contribution in [3.63, 3.8) is 0 Å². The highest BCUT2D eigenvalue weighted by atomic mass is 32.2. The number of benzene rings is 1. The van der Waals surface area contributed by atoms with Crippen LogP contribution < -0.4 is 0 Å². The molecule has 0 saturated carbocycles. The molecular weight excluding hydrogens is 310 g/mol. The number of oxazole rings is 1. The molecule has 124 valence electrons. The molecule has 1 aliphatic heterocycles. The number of nitrogens with zero attached hydrogens (tertiary/aromatic N) is 3. The molecule has 1 fully saturated rings.